The Morgan fingerprint density at radius 1 is 0.893 bits per heavy atom. The molecule has 28 heavy (non-hydrogen) atoms. The molecule has 0 aromatic heterocycles. The number of carbonyl (C=O) groups is 1. The molecule has 0 aliphatic heterocycles. The summed E-state index contributed by atoms with van der Waals surface area (Å²) in [5, 5.41) is 0.888. The Balaban J connectivity index is 1.96. The maximum Gasteiger partial charge on any atom is 0.311 e. The SMILES string of the molecule is CCCCC/C=C\C/C=C\CCCCCCCC(=O)Oc1ccc(Cl)cc1Cl. The molecule has 0 N–H and O–H groups in total. The molecular weight excluding hydrogens is 391 g/mol. The maximum atomic E-state index is 11.9. The van der Waals surface area contributed by atoms with Gasteiger partial charge in [-0.25, -0.2) is 0 Å². The molecule has 1 rings (SSSR count). The first-order chi connectivity index (χ1) is 13.6. The van der Waals surface area contributed by atoms with Gasteiger partial charge in [0.1, 0.15) is 5.75 Å². The number of halogens is 2. The van der Waals surface area contributed by atoms with Gasteiger partial charge < -0.3 is 4.74 Å². The fourth-order valence-electron chi connectivity index (χ4n) is 2.81. The van der Waals surface area contributed by atoms with Gasteiger partial charge in [0.2, 0.25) is 0 Å². The van der Waals surface area contributed by atoms with Crippen LogP contribution in [0.2, 0.25) is 10.0 Å². The third-order valence-corrected chi connectivity index (χ3v) is 4.98. The quantitative estimate of drug-likeness (QED) is 0.122. The molecular formula is C24H34Cl2O2. The molecule has 0 amide bonds. The van der Waals surface area contributed by atoms with Crippen LogP contribution in [0.1, 0.15) is 84.0 Å². The molecule has 0 bridgehead atoms. The summed E-state index contributed by atoms with van der Waals surface area (Å²) in [6, 6.07) is 4.86. The normalized spacial score (nSPS) is 11.5. The molecule has 4 heteroatoms. The summed E-state index contributed by atoms with van der Waals surface area (Å²) in [6.07, 6.45) is 22.3. The molecule has 1 aromatic carbocycles. The first kappa shape index (κ1) is 24.8. The Hall–Kier alpha value is -1.25. The van der Waals surface area contributed by atoms with E-state index in [0.29, 0.717) is 22.2 Å². The van der Waals surface area contributed by atoms with Crippen LogP contribution >= 0.6 is 23.2 Å². The average Bonchev–Trinajstić information content (AvgIpc) is 2.67. The minimum absolute atomic E-state index is 0.241. The van der Waals surface area contributed by atoms with Crippen molar-refractivity contribution in [2.24, 2.45) is 0 Å². The highest BCUT2D eigenvalue weighted by Gasteiger charge is 2.08. The average molecular weight is 425 g/mol. The van der Waals surface area contributed by atoms with Crippen LogP contribution in [0.5, 0.6) is 5.75 Å². The lowest BCUT2D eigenvalue weighted by Gasteiger charge is -2.06. The fraction of sp³-hybridized carbons (Fsp3) is 0.542. The fourth-order valence-corrected chi connectivity index (χ4v) is 3.26. The Morgan fingerprint density at radius 3 is 2.21 bits per heavy atom. The number of benzene rings is 1. The zero-order valence-corrected chi connectivity index (χ0v) is 18.6. The number of ether oxygens (including phenoxy) is 1. The van der Waals surface area contributed by atoms with Crippen molar-refractivity contribution in [2.45, 2.75) is 84.0 Å². The molecule has 0 spiro atoms. The predicted molar refractivity (Wildman–Crippen MR) is 121 cm³/mol. The van der Waals surface area contributed by atoms with Crippen LogP contribution in [-0.4, -0.2) is 5.97 Å². The second-order valence-corrected chi connectivity index (χ2v) is 7.87. The van der Waals surface area contributed by atoms with Gasteiger partial charge in [0, 0.05) is 11.4 Å². The zero-order chi connectivity index (χ0) is 20.5. The van der Waals surface area contributed by atoms with E-state index >= 15 is 0 Å². The van der Waals surface area contributed by atoms with E-state index in [9.17, 15) is 4.79 Å². The Bertz CT molecular complexity index is 609. The molecule has 0 heterocycles. The van der Waals surface area contributed by atoms with Crippen LogP contribution in [0.4, 0.5) is 0 Å². The number of esters is 1. The van der Waals surface area contributed by atoms with E-state index in [2.05, 4.69) is 31.2 Å². The minimum Gasteiger partial charge on any atom is -0.425 e. The topological polar surface area (TPSA) is 26.3 Å². The minimum atomic E-state index is -0.241. The van der Waals surface area contributed by atoms with E-state index in [0.717, 1.165) is 32.1 Å². The van der Waals surface area contributed by atoms with Crippen molar-refractivity contribution in [1.29, 1.82) is 0 Å². The second-order valence-electron chi connectivity index (χ2n) is 7.03. The lowest BCUT2D eigenvalue weighted by molar-refractivity contribution is -0.134. The highest BCUT2D eigenvalue weighted by atomic mass is 35.5. The summed E-state index contributed by atoms with van der Waals surface area (Å²) in [5.74, 6) is 0.133. The number of unbranched alkanes of at least 4 members (excludes halogenated alkanes) is 8. The van der Waals surface area contributed by atoms with Crippen molar-refractivity contribution < 1.29 is 9.53 Å². The maximum absolute atomic E-state index is 11.9. The van der Waals surface area contributed by atoms with Crippen molar-refractivity contribution in [3.8, 4) is 5.75 Å². The van der Waals surface area contributed by atoms with E-state index in [1.165, 1.54) is 38.5 Å². The molecule has 0 aliphatic rings. The van der Waals surface area contributed by atoms with Gasteiger partial charge in [-0.05, 0) is 56.7 Å². The summed E-state index contributed by atoms with van der Waals surface area (Å²) < 4.78 is 5.28. The van der Waals surface area contributed by atoms with Crippen molar-refractivity contribution in [2.75, 3.05) is 0 Å². The zero-order valence-electron chi connectivity index (χ0n) is 17.1. The van der Waals surface area contributed by atoms with Gasteiger partial charge >= 0.3 is 5.97 Å². The summed E-state index contributed by atoms with van der Waals surface area (Å²) in [6.45, 7) is 2.24. The van der Waals surface area contributed by atoms with Gasteiger partial charge in [-0.2, -0.15) is 0 Å². The summed E-state index contributed by atoms with van der Waals surface area (Å²) >= 11 is 11.8. The van der Waals surface area contributed by atoms with Gasteiger partial charge in [-0.3, -0.25) is 4.79 Å². The third-order valence-electron chi connectivity index (χ3n) is 4.45. The highest BCUT2D eigenvalue weighted by Crippen LogP contribution is 2.27. The van der Waals surface area contributed by atoms with Gasteiger partial charge in [-0.15, -0.1) is 0 Å². The third kappa shape index (κ3) is 13.0. The van der Waals surface area contributed by atoms with Gasteiger partial charge in [-0.1, -0.05) is 86.5 Å². The smallest absolute Gasteiger partial charge is 0.311 e. The van der Waals surface area contributed by atoms with Crippen LogP contribution in [0.15, 0.2) is 42.5 Å². The molecule has 0 unspecified atom stereocenters. The molecule has 2 nitrogen and oxygen atoms in total. The van der Waals surface area contributed by atoms with Crippen LogP contribution in [0.25, 0.3) is 0 Å². The number of carbonyl (C=O) groups excluding carboxylic acids is 1. The van der Waals surface area contributed by atoms with Gasteiger partial charge in [0.25, 0.3) is 0 Å². The number of hydrogen-bond donors (Lipinski definition) is 0. The predicted octanol–water partition coefficient (Wildman–Crippen LogP) is 8.71. The summed E-state index contributed by atoms with van der Waals surface area (Å²) in [5.41, 5.74) is 0. The molecule has 0 fully saturated rings. The molecule has 0 saturated heterocycles. The number of allylic oxidation sites excluding steroid dienone is 4. The first-order valence-corrected chi connectivity index (χ1v) is 11.3. The van der Waals surface area contributed by atoms with Crippen molar-refractivity contribution in [1.82, 2.24) is 0 Å². The lowest BCUT2D eigenvalue weighted by atomic mass is 10.1. The van der Waals surface area contributed by atoms with E-state index < -0.39 is 0 Å². The van der Waals surface area contributed by atoms with Crippen LogP contribution in [0, 0.1) is 0 Å². The molecule has 0 atom stereocenters. The first-order valence-electron chi connectivity index (χ1n) is 10.6. The molecule has 0 aliphatic carbocycles. The van der Waals surface area contributed by atoms with Crippen molar-refractivity contribution >= 4 is 29.2 Å². The molecule has 0 radical (unpaired) electrons. The van der Waals surface area contributed by atoms with Crippen LogP contribution in [0.3, 0.4) is 0 Å². The van der Waals surface area contributed by atoms with Gasteiger partial charge in [0.15, 0.2) is 0 Å². The van der Waals surface area contributed by atoms with Crippen molar-refractivity contribution in [3.63, 3.8) is 0 Å². The Morgan fingerprint density at radius 2 is 1.54 bits per heavy atom. The van der Waals surface area contributed by atoms with E-state index in [1.54, 1.807) is 18.2 Å². The van der Waals surface area contributed by atoms with Crippen LogP contribution in [-0.2, 0) is 4.79 Å². The second kappa shape index (κ2) is 16.7. The lowest BCUT2D eigenvalue weighted by Crippen LogP contribution is -2.07. The standard InChI is InChI=1S/C24H34Cl2O2/c1-2-3-4-5-6-7-8-9-10-11-12-13-14-15-16-17-24(27)28-23-19-18-21(25)20-22(23)26/h6-7,9-10,18-20H,2-5,8,11-17H2,1H3/b7-6-,10-9-. The Kier molecular flexibility index (Phi) is 14.8. The summed E-state index contributed by atoms with van der Waals surface area (Å²) in [4.78, 5) is 11.9. The van der Waals surface area contributed by atoms with E-state index in [4.69, 9.17) is 27.9 Å². The van der Waals surface area contributed by atoms with Crippen LogP contribution < -0.4 is 4.74 Å². The number of rotatable bonds is 15. The number of hydrogen-bond acceptors (Lipinski definition) is 2. The molecule has 0 saturated carbocycles. The summed E-state index contributed by atoms with van der Waals surface area (Å²) in [7, 11) is 0. The largest absolute Gasteiger partial charge is 0.425 e. The van der Waals surface area contributed by atoms with Crippen molar-refractivity contribution in [3.05, 3.63) is 52.5 Å². The molecule has 156 valence electrons. The van der Waals surface area contributed by atoms with E-state index in [1.807, 2.05) is 0 Å². The van der Waals surface area contributed by atoms with Gasteiger partial charge in [0.05, 0.1) is 5.02 Å². The Labute approximate surface area is 181 Å². The monoisotopic (exact) mass is 424 g/mol. The highest BCUT2D eigenvalue weighted by molar-refractivity contribution is 6.35. The van der Waals surface area contributed by atoms with E-state index in [-0.39, 0.29) is 5.97 Å². The molecule has 1 aromatic rings.